The molecule has 1 aliphatic rings. The summed E-state index contributed by atoms with van der Waals surface area (Å²) in [4.78, 5) is 10.9. The zero-order valence-corrected chi connectivity index (χ0v) is 7.05. The molecule has 1 rings (SSSR count). The van der Waals surface area contributed by atoms with Gasteiger partial charge in [-0.25, -0.2) is 0 Å². The number of rotatable bonds is 2. The van der Waals surface area contributed by atoms with Crippen LogP contribution in [-0.4, -0.2) is 25.8 Å². The minimum atomic E-state index is -0.478. The molecule has 3 nitrogen and oxygen atoms in total. The third-order valence-corrected chi connectivity index (χ3v) is 2.31. The molecule has 0 radical (unpaired) electrons. The van der Waals surface area contributed by atoms with Gasteiger partial charge in [-0.15, -0.1) is 0 Å². The lowest BCUT2D eigenvalue weighted by atomic mass is 9.93. The number of ether oxygens (including phenoxy) is 2. The van der Waals surface area contributed by atoms with E-state index < -0.39 is 5.79 Å². The Morgan fingerprint density at radius 1 is 1.18 bits per heavy atom. The zero-order chi connectivity index (χ0) is 8.32. The van der Waals surface area contributed by atoms with Crippen molar-refractivity contribution in [3.8, 4) is 0 Å². The fourth-order valence-corrected chi connectivity index (χ4v) is 1.40. The maximum Gasteiger partial charge on any atom is 0.168 e. The highest BCUT2D eigenvalue weighted by molar-refractivity contribution is 5.79. The van der Waals surface area contributed by atoms with Crippen LogP contribution in [0.15, 0.2) is 0 Å². The Labute approximate surface area is 66.7 Å². The molecule has 11 heavy (non-hydrogen) atoms. The molecule has 0 unspecified atom stereocenters. The smallest absolute Gasteiger partial charge is 0.168 e. The fraction of sp³-hybridized carbons (Fsp3) is 0.875. The second kappa shape index (κ2) is 3.32. The van der Waals surface area contributed by atoms with Gasteiger partial charge in [0.25, 0.3) is 0 Å². The van der Waals surface area contributed by atoms with E-state index in [0.717, 1.165) is 0 Å². The van der Waals surface area contributed by atoms with E-state index >= 15 is 0 Å². The second-order valence-electron chi connectivity index (χ2n) is 2.86. The first-order valence-electron chi connectivity index (χ1n) is 3.84. The lowest BCUT2D eigenvalue weighted by molar-refractivity contribution is -0.221. The van der Waals surface area contributed by atoms with Gasteiger partial charge in [-0.3, -0.25) is 4.79 Å². The summed E-state index contributed by atoms with van der Waals surface area (Å²) in [5.41, 5.74) is 0. The summed E-state index contributed by atoms with van der Waals surface area (Å²) < 4.78 is 10.4. The number of ketones is 1. The lowest BCUT2D eigenvalue weighted by Gasteiger charge is -2.33. The van der Waals surface area contributed by atoms with E-state index in [4.69, 9.17) is 9.47 Å². The van der Waals surface area contributed by atoms with Crippen LogP contribution < -0.4 is 0 Å². The molecule has 64 valence electrons. The van der Waals surface area contributed by atoms with Crippen molar-refractivity contribution >= 4 is 5.78 Å². The van der Waals surface area contributed by atoms with Gasteiger partial charge in [-0.2, -0.15) is 0 Å². The standard InChI is InChI=1S/C8H14O3/c1-10-8(11-2)5-3-7(9)4-6-8/h3-6H2,1-2H3. The molecule has 0 aromatic carbocycles. The second-order valence-corrected chi connectivity index (χ2v) is 2.86. The normalized spacial score (nSPS) is 23.6. The van der Waals surface area contributed by atoms with Crippen LogP contribution in [0.5, 0.6) is 0 Å². The van der Waals surface area contributed by atoms with Gasteiger partial charge in [0.2, 0.25) is 0 Å². The van der Waals surface area contributed by atoms with Gasteiger partial charge in [-0.1, -0.05) is 0 Å². The summed E-state index contributed by atoms with van der Waals surface area (Å²) >= 11 is 0. The largest absolute Gasteiger partial charge is 0.353 e. The molecule has 0 atom stereocenters. The SMILES string of the molecule is COC1(OC)CCC(=O)CC1. The van der Waals surface area contributed by atoms with Crippen LogP contribution in [0.25, 0.3) is 0 Å². The third-order valence-electron chi connectivity index (χ3n) is 2.31. The van der Waals surface area contributed by atoms with Gasteiger partial charge in [0, 0.05) is 39.9 Å². The first kappa shape index (κ1) is 8.68. The number of methoxy groups -OCH3 is 2. The summed E-state index contributed by atoms with van der Waals surface area (Å²) in [6.45, 7) is 0. The average Bonchev–Trinajstić information content (AvgIpc) is 2.07. The maximum absolute atomic E-state index is 10.9. The van der Waals surface area contributed by atoms with Crippen molar-refractivity contribution in [2.24, 2.45) is 0 Å². The van der Waals surface area contributed by atoms with Crippen LogP contribution in [-0.2, 0) is 14.3 Å². The molecule has 0 saturated heterocycles. The van der Waals surface area contributed by atoms with Crippen LogP contribution in [0.2, 0.25) is 0 Å². The Balaban J connectivity index is 2.52. The monoisotopic (exact) mass is 158 g/mol. The average molecular weight is 158 g/mol. The summed E-state index contributed by atoms with van der Waals surface area (Å²) in [5.74, 6) is -0.164. The van der Waals surface area contributed by atoms with E-state index in [2.05, 4.69) is 0 Å². The number of hydrogen-bond donors (Lipinski definition) is 0. The van der Waals surface area contributed by atoms with Crippen LogP contribution in [0.3, 0.4) is 0 Å². The van der Waals surface area contributed by atoms with Gasteiger partial charge in [0.05, 0.1) is 0 Å². The molecule has 0 amide bonds. The number of carbonyl (C=O) groups is 1. The van der Waals surface area contributed by atoms with Crippen LogP contribution in [0, 0.1) is 0 Å². The van der Waals surface area contributed by atoms with Crippen LogP contribution >= 0.6 is 0 Å². The van der Waals surface area contributed by atoms with Crippen LogP contribution in [0.1, 0.15) is 25.7 Å². The minimum Gasteiger partial charge on any atom is -0.353 e. The molecule has 0 aliphatic heterocycles. The number of Topliss-reactive ketones (excluding diaryl/α,β-unsaturated/α-hetero) is 1. The first-order chi connectivity index (χ1) is 5.22. The Bertz CT molecular complexity index is 137. The van der Waals surface area contributed by atoms with Crippen molar-refractivity contribution in [1.82, 2.24) is 0 Å². The molecule has 1 fully saturated rings. The van der Waals surface area contributed by atoms with E-state index in [9.17, 15) is 4.79 Å². The first-order valence-corrected chi connectivity index (χ1v) is 3.84. The highest BCUT2D eigenvalue weighted by atomic mass is 16.7. The van der Waals surface area contributed by atoms with Crippen molar-refractivity contribution in [3.05, 3.63) is 0 Å². The molecule has 0 bridgehead atoms. The lowest BCUT2D eigenvalue weighted by Crippen LogP contribution is -2.38. The van der Waals surface area contributed by atoms with Crippen molar-refractivity contribution < 1.29 is 14.3 Å². The van der Waals surface area contributed by atoms with Gasteiger partial charge in [0.15, 0.2) is 5.79 Å². The molecule has 0 aromatic heterocycles. The van der Waals surface area contributed by atoms with Crippen molar-refractivity contribution in [2.75, 3.05) is 14.2 Å². The summed E-state index contributed by atoms with van der Waals surface area (Å²) in [6.07, 6.45) is 2.56. The third kappa shape index (κ3) is 1.79. The van der Waals surface area contributed by atoms with E-state index in [0.29, 0.717) is 31.5 Å². The highest BCUT2D eigenvalue weighted by Crippen LogP contribution is 2.29. The number of hydrogen-bond acceptors (Lipinski definition) is 3. The Hall–Kier alpha value is -0.410. The minimum absolute atomic E-state index is 0.315. The van der Waals surface area contributed by atoms with Gasteiger partial charge in [-0.05, 0) is 0 Å². The Morgan fingerprint density at radius 2 is 1.64 bits per heavy atom. The molecule has 0 N–H and O–H groups in total. The van der Waals surface area contributed by atoms with E-state index in [1.165, 1.54) is 0 Å². The quantitative estimate of drug-likeness (QED) is 0.565. The topological polar surface area (TPSA) is 35.5 Å². The predicted molar refractivity (Wildman–Crippen MR) is 40.2 cm³/mol. The Morgan fingerprint density at radius 3 is 2.00 bits per heavy atom. The molecule has 1 saturated carbocycles. The van der Waals surface area contributed by atoms with Gasteiger partial charge < -0.3 is 9.47 Å². The molecule has 0 aromatic rings. The Kier molecular flexibility index (Phi) is 2.62. The van der Waals surface area contributed by atoms with Crippen molar-refractivity contribution in [1.29, 1.82) is 0 Å². The molecular weight excluding hydrogens is 144 g/mol. The maximum atomic E-state index is 10.9. The summed E-state index contributed by atoms with van der Waals surface area (Å²) in [6, 6.07) is 0. The highest BCUT2D eigenvalue weighted by Gasteiger charge is 2.34. The number of carbonyl (C=O) groups excluding carboxylic acids is 1. The zero-order valence-electron chi connectivity index (χ0n) is 7.05. The molecule has 0 spiro atoms. The van der Waals surface area contributed by atoms with Crippen LogP contribution in [0.4, 0.5) is 0 Å². The summed E-state index contributed by atoms with van der Waals surface area (Å²) in [5, 5.41) is 0. The van der Waals surface area contributed by atoms with E-state index in [1.54, 1.807) is 14.2 Å². The van der Waals surface area contributed by atoms with Crippen molar-refractivity contribution in [2.45, 2.75) is 31.5 Å². The molecule has 0 heterocycles. The predicted octanol–water partition coefficient (Wildman–Crippen LogP) is 1.12. The van der Waals surface area contributed by atoms with Gasteiger partial charge >= 0.3 is 0 Å². The molecule has 1 aliphatic carbocycles. The molecule has 3 heteroatoms. The molecular formula is C8H14O3. The van der Waals surface area contributed by atoms with E-state index in [-0.39, 0.29) is 0 Å². The van der Waals surface area contributed by atoms with Gasteiger partial charge in [0.1, 0.15) is 5.78 Å². The summed E-state index contributed by atoms with van der Waals surface area (Å²) in [7, 11) is 3.25. The van der Waals surface area contributed by atoms with E-state index in [1.807, 2.05) is 0 Å². The fourth-order valence-electron chi connectivity index (χ4n) is 1.40. The van der Waals surface area contributed by atoms with Crippen molar-refractivity contribution in [3.63, 3.8) is 0 Å².